The third-order valence-electron chi connectivity index (χ3n) is 5.95. The molecule has 4 aromatic rings. The molecule has 0 saturated carbocycles. The molecule has 4 aromatic carbocycles. The number of amides is 1. The second-order valence-corrected chi connectivity index (χ2v) is 11.4. The molecule has 4 rings (SSSR count). The van der Waals surface area contributed by atoms with E-state index in [0.717, 1.165) is 21.0 Å². The number of hydrogen-bond acceptors (Lipinski definition) is 3. The molecule has 1 N–H and O–H groups in total. The molecule has 0 aromatic heterocycles. The van der Waals surface area contributed by atoms with E-state index in [9.17, 15) is 13.2 Å². The number of sulfonamides is 1. The zero-order valence-electron chi connectivity index (χ0n) is 20.1. The van der Waals surface area contributed by atoms with E-state index in [2.05, 4.69) is 5.32 Å². The summed E-state index contributed by atoms with van der Waals surface area (Å²) in [6.07, 6.45) is 0. The Balaban J connectivity index is 1.67. The van der Waals surface area contributed by atoms with Gasteiger partial charge in [0.25, 0.3) is 0 Å². The van der Waals surface area contributed by atoms with Gasteiger partial charge >= 0.3 is 0 Å². The van der Waals surface area contributed by atoms with Crippen LogP contribution < -0.4 is 5.32 Å². The minimum absolute atomic E-state index is 0.0803. The van der Waals surface area contributed by atoms with Crippen LogP contribution in [0.2, 0.25) is 10.0 Å². The van der Waals surface area contributed by atoms with Gasteiger partial charge in [0.2, 0.25) is 15.9 Å². The van der Waals surface area contributed by atoms with E-state index >= 15 is 0 Å². The lowest BCUT2D eigenvalue weighted by molar-refractivity contribution is -0.121. The number of nitrogens with zero attached hydrogens (tertiary/aromatic N) is 1. The first-order chi connectivity index (χ1) is 17.8. The molecule has 0 radical (unpaired) electrons. The summed E-state index contributed by atoms with van der Waals surface area (Å²) in [5.41, 5.74) is 3.11. The summed E-state index contributed by atoms with van der Waals surface area (Å²) in [4.78, 5) is 13.5. The van der Waals surface area contributed by atoms with E-state index in [-0.39, 0.29) is 11.4 Å². The van der Waals surface area contributed by atoms with Crippen LogP contribution in [0.4, 0.5) is 0 Å². The molecule has 0 heterocycles. The second-order valence-electron chi connectivity index (χ2n) is 8.61. The lowest BCUT2D eigenvalue weighted by atomic mass is 9.99. The highest BCUT2D eigenvalue weighted by Gasteiger charge is 2.29. The highest BCUT2D eigenvalue weighted by atomic mass is 35.5. The van der Waals surface area contributed by atoms with Crippen LogP contribution in [0.25, 0.3) is 0 Å². The normalized spacial score (nSPS) is 11.6. The van der Waals surface area contributed by atoms with Crippen LogP contribution in [0, 0.1) is 6.92 Å². The van der Waals surface area contributed by atoms with Crippen LogP contribution in [0.15, 0.2) is 108 Å². The summed E-state index contributed by atoms with van der Waals surface area (Å²) < 4.78 is 28.5. The zero-order valence-corrected chi connectivity index (χ0v) is 22.5. The van der Waals surface area contributed by atoms with Crippen molar-refractivity contribution < 1.29 is 13.2 Å². The summed E-state index contributed by atoms with van der Waals surface area (Å²) in [5.74, 6) is -0.462. The van der Waals surface area contributed by atoms with Gasteiger partial charge in [-0.2, -0.15) is 4.31 Å². The maximum atomic E-state index is 13.7. The molecule has 37 heavy (non-hydrogen) atoms. The van der Waals surface area contributed by atoms with Gasteiger partial charge in [-0.15, -0.1) is 0 Å². The highest BCUT2D eigenvalue weighted by Crippen LogP contribution is 2.29. The van der Waals surface area contributed by atoms with Gasteiger partial charge in [-0.05, 0) is 42.3 Å². The van der Waals surface area contributed by atoms with E-state index in [0.29, 0.717) is 15.6 Å². The monoisotopic (exact) mass is 552 g/mol. The smallest absolute Gasteiger partial charge is 0.243 e. The summed E-state index contributed by atoms with van der Waals surface area (Å²) >= 11 is 12.7. The largest absolute Gasteiger partial charge is 0.344 e. The van der Waals surface area contributed by atoms with E-state index in [1.54, 1.807) is 30.3 Å². The van der Waals surface area contributed by atoms with Gasteiger partial charge in [0.1, 0.15) is 0 Å². The van der Waals surface area contributed by atoms with E-state index in [1.165, 1.54) is 12.1 Å². The standard InChI is InChI=1S/C29H26Cl2N2O3S/c1-21-15-17-24(18-16-21)37(35,36)33(19-25-26(30)13-8-14-27(25)31)20-28(34)32-29(22-9-4-2-5-10-22)23-11-6-3-7-12-23/h2-18,29H,19-20H2,1H3,(H,32,34). The van der Waals surface area contributed by atoms with Crippen LogP contribution >= 0.6 is 23.2 Å². The molecular weight excluding hydrogens is 527 g/mol. The number of carbonyl (C=O) groups excluding carboxylic acids is 1. The Bertz CT molecular complexity index is 1400. The molecule has 0 aliphatic rings. The molecule has 0 saturated heterocycles. The molecule has 0 atom stereocenters. The quantitative estimate of drug-likeness (QED) is 0.261. The topological polar surface area (TPSA) is 66.5 Å². The van der Waals surface area contributed by atoms with E-state index in [1.807, 2.05) is 67.6 Å². The molecule has 0 aliphatic heterocycles. The fraction of sp³-hybridized carbons (Fsp3) is 0.138. The van der Waals surface area contributed by atoms with Crippen molar-refractivity contribution in [2.24, 2.45) is 0 Å². The van der Waals surface area contributed by atoms with Crippen LogP contribution in [0.3, 0.4) is 0 Å². The molecule has 0 unspecified atom stereocenters. The van der Waals surface area contributed by atoms with Gasteiger partial charge in [0.05, 0.1) is 17.5 Å². The molecule has 8 heteroatoms. The Morgan fingerprint density at radius 1 is 0.784 bits per heavy atom. The van der Waals surface area contributed by atoms with Crippen molar-refractivity contribution in [2.45, 2.75) is 24.4 Å². The zero-order chi connectivity index (χ0) is 26.4. The van der Waals surface area contributed by atoms with Gasteiger partial charge in [-0.3, -0.25) is 4.79 Å². The lowest BCUT2D eigenvalue weighted by Gasteiger charge is -2.25. The SMILES string of the molecule is Cc1ccc(S(=O)(=O)N(CC(=O)NC(c2ccccc2)c2ccccc2)Cc2c(Cl)cccc2Cl)cc1. The van der Waals surface area contributed by atoms with Gasteiger partial charge in [-0.1, -0.05) is 108 Å². The molecule has 5 nitrogen and oxygen atoms in total. The number of nitrogens with one attached hydrogen (secondary N) is 1. The number of halogens is 2. The third-order valence-corrected chi connectivity index (χ3v) is 8.46. The first-order valence-corrected chi connectivity index (χ1v) is 13.8. The number of hydrogen-bond donors (Lipinski definition) is 1. The Hall–Kier alpha value is -3.16. The molecule has 1 amide bonds. The van der Waals surface area contributed by atoms with Crippen molar-refractivity contribution >= 4 is 39.1 Å². The molecule has 0 bridgehead atoms. The van der Waals surface area contributed by atoms with Crippen molar-refractivity contribution in [2.75, 3.05) is 6.54 Å². The van der Waals surface area contributed by atoms with Crippen LogP contribution in [0.5, 0.6) is 0 Å². The fourth-order valence-corrected chi connectivity index (χ4v) is 5.84. The van der Waals surface area contributed by atoms with Crippen LogP contribution in [-0.4, -0.2) is 25.2 Å². The average molecular weight is 554 g/mol. The molecule has 0 aliphatic carbocycles. The second kappa shape index (κ2) is 11.9. The number of benzene rings is 4. The van der Waals surface area contributed by atoms with Crippen molar-refractivity contribution in [3.8, 4) is 0 Å². The maximum Gasteiger partial charge on any atom is 0.243 e. The van der Waals surface area contributed by atoms with Gasteiger partial charge in [0, 0.05) is 22.2 Å². The summed E-state index contributed by atoms with van der Waals surface area (Å²) in [6.45, 7) is 1.29. The van der Waals surface area contributed by atoms with Crippen molar-refractivity contribution in [1.29, 1.82) is 0 Å². The molecule has 0 spiro atoms. The summed E-state index contributed by atoms with van der Waals surface area (Å²) in [6, 6.07) is 30.0. The predicted octanol–water partition coefficient (Wildman–Crippen LogP) is 6.40. The lowest BCUT2D eigenvalue weighted by Crippen LogP contribution is -2.41. The van der Waals surface area contributed by atoms with Crippen molar-refractivity contribution in [3.63, 3.8) is 0 Å². The Kier molecular flexibility index (Phi) is 8.67. The number of carbonyl (C=O) groups is 1. The maximum absolute atomic E-state index is 13.7. The van der Waals surface area contributed by atoms with E-state index < -0.39 is 28.5 Å². The number of aryl methyl sites for hydroxylation is 1. The Labute approximate surface area is 227 Å². The van der Waals surface area contributed by atoms with Gasteiger partial charge < -0.3 is 5.32 Å². The first-order valence-electron chi connectivity index (χ1n) is 11.6. The fourth-order valence-electron chi connectivity index (χ4n) is 3.96. The predicted molar refractivity (Wildman–Crippen MR) is 148 cm³/mol. The Morgan fingerprint density at radius 2 is 1.30 bits per heavy atom. The summed E-state index contributed by atoms with van der Waals surface area (Å²) in [5, 5.41) is 3.66. The van der Waals surface area contributed by atoms with Crippen LogP contribution in [-0.2, 0) is 21.4 Å². The molecule has 190 valence electrons. The minimum atomic E-state index is -4.05. The Morgan fingerprint density at radius 3 is 1.81 bits per heavy atom. The van der Waals surface area contributed by atoms with E-state index in [4.69, 9.17) is 23.2 Å². The van der Waals surface area contributed by atoms with Gasteiger partial charge in [-0.25, -0.2) is 8.42 Å². The first kappa shape index (κ1) is 26.9. The average Bonchev–Trinajstić information content (AvgIpc) is 2.90. The number of rotatable bonds is 9. The molecular formula is C29H26Cl2N2O3S. The minimum Gasteiger partial charge on any atom is -0.344 e. The third kappa shape index (κ3) is 6.59. The van der Waals surface area contributed by atoms with Gasteiger partial charge in [0.15, 0.2) is 0 Å². The highest BCUT2D eigenvalue weighted by molar-refractivity contribution is 7.89. The molecule has 0 fully saturated rings. The summed E-state index contributed by atoms with van der Waals surface area (Å²) in [7, 11) is -4.05. The van der Waals surface area contributed by atoms with Crippen molar-refractivity contribution in [3.05, 3.63) is 135 Å². The van der Waals surface area contributed by atoms with Crippen LogP contribution in [0.1, 0.15) is 28.3 Å². The van der Waals surface area contributed by atoms with Crippen molar-refractivity contribution in [1.82, 2.24) is 9.62 Å².